The van der Waals surface area contributed by atoms with Gasteiger partial charge in [0, 0.05) is 38.1 Å². The van der Waals surface area contributed by atoms with Gasteiger partial charge in [-0.15, -0.1) is 0 Å². The molecular formula is C15H28N2O. The SMILES string of the molecule is CCCn1cccc1CNCC(C)(C)CCCO. The lowest BCUT2D eigenvalue weighted by molar-refractivity contribution is 0.236. The van der Waals surface area contributed by atoms with Gasteiger partial charge in [0.05, 0.1) is 0 Å². The van der Waals surface area contributed by atoms with Gasteiger partial charge < -0.3 is 15.0 Å². The number of nitrogens with one attached hydrogen (secondary N) is 1. The summed E-state index contributed by atoms with van der Waals surface area (Å²) in [4.78, 5) is 0. The minimum absolute atomic E-state index is 0.255. The molecule has 0 aromatic carbocycles. The monoisotopic (exact) mass is 252 g/mol. The molecule has 0 fully saturated rings. The Kier molecular flexibility index (Phi) is 6.44. The molecule has 0 aliphatic carbocycles. The van der Waals surface area contributed by atoms with E-state index in [0.29, 0.717) is 6.61 Å². The maximum absolute atomic E-state index is 8.88. The lowest BCUT2D eigenvalue weighted by Crippen LogP contribution is -2.30. The summed E-state index contributed by atoms with van der Waals surface area (Å²) in [7, 11) is 0. The van der Waals surface area contributed by atoms with E-state index in [1.54, 1.807) is 0 Å². The number of hydrogen-bond donors (Lipinski definition) is 2. The van der Waals surface area contributed by atoms with Crippen LogP contribution in [0.2, 0.25) is 0 Å². The number of aryl methyl sites for hydroxylation is 1. The average molecular weight is 252 g/mol. The van der Waals surface area contributed by atoms with Crippen LogP contribution in [-0.2, 0) is 13.1 Å². The molecule has 0 unspecified atom stereocenters. The van der Waals surface area contributed by atoms with Gasteiger partial charge in [0.25, 0.3) is 0 Å². The van der Waals surface area contributed by atoms with Crippen LogP contribution in [0.1, 0.15) is 45.7 Å². The van der Waals surface area contributed by atoms with Crippen molar-refractivity contribution in [1.29, 1.82) is 0 Å². The van der Waals surface area contributed by atoms with Crippen LogP contribution in [0.4, 0.5) is 0 Å². The highest BCUT2D eigenvalue weighted by molar-refractivity contribution is 5.06. The summed E-state index contributed by atoms with van der Waals surface area (Å²) in [5.41, 5.74) is 1.61. The van der Waals surface area contributed by atoms with Crippen LogP contribution >= 0.6 is 0 Å². The normalized spacial score (nSPS) is 12.0. The summed E-state index contributed by atoms with van der Waals surface area (Å²) >= 11 is 0. The maximum Gasteiger partial charge on any atom is 0.0431 e. The largest absolute Gasteiger partial charge is 0.396 e. The van der Waals surface area contributed by atoms with Gasteiger partial charge >= 0.3 is 0 Å². The summed E-state index contributed by atoms with van der Waals surface area (Å²) in [6.45, 7) is 10.0. The second-order valence-electron chi connectivity index (χ2n) is 5.79. The Morgan fingerprint density at radius 3 is 2.83 bits per heavy atom. The molecule has 0 aliphatic heterocycles. The van der Waals surface area contributed by atoms with Gasteiger partial charge in [-0.3, -0.25) is 0 Å². The molecule has 0 radical (unpaired) electrons. The number of aliphatic hydroxyl groups excluding tert-OH is 1. The molecule has 1 rings (SSSR count). The predicted octanol–water partition coefficient (Wildman–Crippen LogP) is 2.79. The zero-order valence-electron chi connectivity index (χ0n) is 12.1. The molecular weight excluding hydrogens is 224 g/mol. The van der Waals surface area contributed by atoms with Crippen LogP contribution in [0.15, 0.2) is 18.3 Å². The average Bonchev–Trinajstić information content (AvgIpc) is 2.75. The Hall–Kier alpha value is -0.800. The van der Waals surface area contributed by atoms with Crippen molar-refractivity contribution in [2.75, 3.05) is 13.2 Å². The number of rotatable bonds is 9. The summed E-state index contributed by atoms with van der Waals surface area (Å²) in [5, 5.41) is 12.4. The smallest absolute Gasteiger partial charge is 0.0431 e. The fraction of sp³-hybridized carbons (Fsp3) is 0.733. The fourth-order valence-corrected chi connectivity index (χ4v) is 2.24. The summed E-state index contributed by atoms with van der Waals surface area (Å²) in [6, 6.07) is 4.30. The lowest BCUT2D eigenvalue weighted by Gasteiger charge is -2.25. The molecule has 0 bridgehead atoms. The van der Waals surface area contributed by atoms with Gasteiger partial charge in [0.2, 0.25) is 0 Å². The van der Waals surface area contributed by atoms with E-state index >= 15 is 0 Å². The first-order chi connectivity index (χ1) is 8.59. The molecule has 1 aromatic rings. The molecule has 0 aliphatic rings. The minimum atomic E-state index is 0.255. The Morgan fingerprint density at radius 1 is 1.39 bits per heavy atom. The lowest BCUT2D eigenvalue weighted by atomic mass is 9.88. The van der Waals surface area contributed by atoms with E-state index < -0.39 is 0 Å². The summed E-state index contributed by atoms with van der Waals surface area (Å²) in [6.07, 6.45) is 5.27. The van der Waals surface area contributed by atoms with Crippen LogP contribution in [0.5, 0.6) is 0 Å². The van der Waals surface area contributed by atoms with Gasteiger partial charge in [0.1, 0.15) is 0 Å². The molecule has 0 amide bonds. The number of aliphatic hydroxyl groups is 1. The number of hydrogen-bond acceptors (Lipinski definition) is 2. The Morgan fingerprint density at radius 2 is 2.17 bits per heavy atom. The van der Waals surface area contributed by atoms with Crippen LogP contribution in [0.25, 0.3) is 0 Å². The zero-order valence-corrected chi connectivity index (χ0v) is 12.1. The summed E-state index contributed by atoms with van der Waals surface area (Å²) in [5.74, 6) is 0. The van der Waals surface area contributed by atoms with Crippen molar-refractivity contribution in [2.24, 2.45) is 5.41 Å². The Balaban J connectivity index is 2.34. The van der Waals surface area contributed by atoms with Crippen molar-refractivity contribution in [3.63, 3.8) is 0 Å². The third-order valence-corrected chi connectivity index (χ3v) is 3.31. The van der Waals surface area contributed by atoms with Gasteiger partial charge in [-0.2, -0.15) is 0 Å². The van der Waals surface area contributed by atoms with E-state index in [-0.39, 0.29) is 5.41 Å². The predicted molar refractivity (Wildman–Crippen MR) is 76.5 cm³/mol. The third-order valence-electron chi connectivity index (χ3n) is 3.31. The quantitative estimate of drug-likeness (QED) is 0.709. The standard InChI is InChI=1S/C15H28N2O/c1-4-9-17-10-5-7-14(17)12-16-13-15(2,3)8-6-11-18/h5,7,10,16,18H,4,6,8-9,11-13H2,1-3H3. The van der Waals surface area contributed by atoms with E-state index in [0.717, 1.165) is 32.5 Å². The molecule has 0 spiro atoms. The van der Waals surface area contributed by atoms with Crippen molar-refractivity contribution in [1.82, 2.24) is 9.88 Å². The highest BCUT2D eigenvalue weighted by atomic mass is 16.2. The second kappa shape index (κ2) is 7.59. The molecule has 0 saturated carbocycles. The first-order valence-corrected chi connectivity index (χ1v) is 7.04. The molecule has 0 saturated heterocycles. The third kappa shape index (κ3) is 5.23. The van der Waals surface area contributed by atoms with Crippen molar-refractivity contribution in [3.8, 4) is 0 Å². The molecule has 3 heteroatoms. The van der Waals surface area contributed by atoms with Crippen molar-refractivity contribution < 1.29 is 5.11 Å². The molecule has 3 nitrogen and oxygen atoms in total. The van der Waals surface area contributed by atoms with Crippen molar-refractivity contribution in [3.05, 3.63) is 24.0 Å². The fourth-order valence-electron chi connectivity index (χ4n) is 2.24. The van der Waals surface area contributed by atoms with E-state index in [4.69, 9.17) is 5.11 Å². The van der Waals surface area contributed by atoms with E-state index in [9.17, 15) is 0 Å². The molecule has 0 atom stereocenters. The van der Waals surface area contributed by atoms with E-state index in [1.165, 1.54) is 12.1 Å². The van der Waals surface area contributed by atoms with Crippen LogP contribution in [-0.4, -0.2) is 22.8 Å². The number of nitrogens with zero attached hydrogens (tertiary/aromatic N) is 1. The van der Waals surface area contributed by atoms with Gasteiger partial charge in [-0.1, -0.05) is 20.8 Å². The van der Waals surface area contributed by atoms with E-state index in [2.05, 4.69) is 49.0 Å². The van der Waals surface area contributed by atoms with Crippen LogP contribution in [0, 0.1) is 5.41 Å². The Labute approximate surface area is 111 Å². The second-order valence-corrected chi connectivity index (χ2v) is 5.79. The molecule has 2 N–H and O–H groups in total. The van der Waals surface area contributed by atoms with E-state index in [1.807, 2.05) is 0 Å². The van der Waals surface area contributed by atoms with Crippen molar-refractivity contribution >= 4 is 0 Å². The molecule has 104 valence electrons. The summed E-state index contributed by atoms with van der Waals surface area (Å²) < 4.78 is 2.31. The molecule has 1 heterocycles. The van der Waals surface area contributed by atoms with Crippen LogP contribution < -0.4 is 5.32 Å². The number of aromatic nitrogens is 1. The zero-order chi connectivity index (χ0) is 13.4. The van der Waals surface area contributed by atoms with Gasteiger partial charge in [-0.25, -0.2) is 0 Å². The molecule has 1 aromatic heterocycles. The first kappa shape index (κ1) is 15.3. The Bertz CT molecular complexity index is 331. The highest BCUT2D eigenvalue weighted by Gasteiger charge is 2.16. The minimum Gasteiger partial charge on any atom is -0.396 e. The van der Waals surface area contributed by atoms with Crippen molar-refractivity contribution in [2.45, 2.75) is 53.1 Å². The van der Waals surface area contributed by atoms with Gasteiger partial charge in [0.15, 0.2) is 0 Å². The highest BCUT2D eigenvalue weighted by Crippen LogP contribution is 2.20. The van der Waals surface area contributed by atoms with Gasteiger partial charge in [-0.05, 0) is 36.8 Å². The van der Waals surface area contributed by atoms with Crippen LogP contribution in [0.3, 0.4) is 0 Å². The maximum atomic E-state index is 8.88. The topological polar surface area (TPSA) is 37.2 Å². The molecule has 18 heavy (non-hydrogen) atoms. The first-order valence-electron chi connectivity index (χ1n) is 7.04.